The summed E-state index contributed by atoms with van der Waals surface area (Å²) in [6.07, 6.45) is 0.856. The van der Waals surface area contributed by atoms with Gasteiger partial charge in [0.2, 0.25) is 0 Å². The first-order chi connectivity index (χ1) is 10.3. The smallest absolute Gasteiger partial charge is 0.122 e. The minimum Gasteiger partial charge on any atom is -0.497 e. The largest absolute Gasteiger partial charge is 0.497 e. The van der Waals surface area contributed by atoms with Crippen molar-refractivity contribution in [2.24, 2.45) is 0 Å². The Labute approximate surface area is 124 Å². The zero-order valence-electron chi connectivity index (χ0n) is 12.3. The van der Waals surface area contributed by atoms with E-state index < -0.39 is 0 Å². The SMILES string of the molecule is COc1cc(Cc2cccc3ccccc23)cc(OC)c1. The molecule has 0 amide bonds. The molecule has 21 heavy (non-hydrogen) atoms. The van der Waals surface area contributed by atoms with Gasteiger partial charge in [-0.05, 0) is 40.5 Å². The summed E-state index contributed by atoms with van der Waals surface area (Å²) in [4.78, 5) is 0. The quantitative estimate of drug-likeness (QED) is 0.702. The highest BCUT2D eigenvalue weighted by molar-refractivity contribution is 5.85. The van der Waals surface area contributed by atoms with Crippen molar-refractivity contribution in [1.29, 1.82) is 0 Å². The van der Waals surface area contributed by atoms with Crippen LogP contribution in [-0.4, -0.2) is 14.2 Å². The van der Waals surface area contributed by atoms with Crippen LogP contribution < -0.4 is 9.47 Å². The van der Waals surface area contributed by atoms with Crippen molar-refractivity contribution in [2.45, 2.75) is 6.42 Å². The highest BCUT2D eigenvalue weighted by Crippen LogP contribution is 2.26. The molecule has 0 saturated heterocycles. The Balaban J connectivity index is 2.02. The fraction of sp³-hybridized carbons (Fsp3) is 0.158. The van der Waals surface area contributed by atoms with Crippen LogP contribution in [0.4, 0.5) is 0 Å². The molecule has 0 bridgehead atoms. The first-order valence-corrected chi connectivity index (χ1v) is 6.99. The Bertz CT molecular complexity index is 735. The van der Waals surface area contributed by atoms with Crippen LogP contribution in [0.15, 0.2) is 60.7 Å². The number of ether oxygens (including phenoxy) is 2. The van der Waals surface area contributed by atoms with E-state index in [1.165, 1.54) is 21.9 Å². The molecule has 0 unspecified atom stereocenters. The Morgan fingerprint density at radius 1 is 0.762 bits per heavy atom. The van der Waals surface area contributed by atoms with Gasteiger partial charge in [-0.2, -0.15) is 0 Å². The summed E-state index contributed by atoms with van der Waals surface area (Å²) in [5, 5.41) is 2.56. The minimum atomic E-state index is 0.824. The van der Waals surface area contributed by atoms with Gasteiger partial charge in [0.25, 0.3) is 0 Å². The standard InChI is InChI=1S/C19H18O2/c1-20-17-11-14(12-18(13-17)21-2)10-16-8-5-7-15-6-3-4-9-19(15)16/h3-9,11-13H,10H2,1-2H3. The molecule has 0 N–H and O–H groups in total. The van der Waals surface area contributed by atoms with E-state index >= 15 is 0 Å². The second-order valence-corrected chi connectivity index (χ2v) is 5.04. The van der Waals surface area contributed by atoms with Gasteiger partial charge in [-0.15, -0.1) is 0 Å². The van der Waals surface area contributed by atoms with E-state index in [1.807, 2.05) is 6.07 Å². The van der Waals surface area contributed by atoms with E-state index in [-0.39, 0.29) is 0 Å². The molecule has 3 aromatic carbocycles. The summed E-state index contributed by atoms with van der Waals surface area (Å²) in [5.74, 6) is 1.65. The van der Waals surface area contributed by atoms with E-state index in [0.717, 1.165) is 17.9 Å². The highest BCUT2D eigenvalue weighted by atomic mass is 16.5. The van der Waals surface area contributed by atoms with Gasteiger partial charge in [0.05, 0.1) is 14.2 Å². The zero-order valence-corrected chi connectivity index (χ0v) is 12.3. The van der Waals surface area contributed by atoms with Gasteiger partial charge in [-0.1, -0.05) is 42.5 Å². The lowest BCUT2D eigenvalue weighted by atomic mass is 9.98. The van der Waals surface area contributed by atoms with Crippen molar-refractivity contribution in [3.63, 3.8) is 0 Å². The second kappa shape index (κ2) is 5.88. The van der Waals surface area contributed by atoms with Gasteiger partial charge in [0, 0.05) is 6.07 Å². The Morgan fingerprint density at radius 3 is 2.14 bits per heavy atom. The van der Waals surface area contributed by atoms with E-state index in [1.54, 1.807) is 14.2 Å². The summed E-state index contributed by atoms with van der Waals surface area (Å²) in [5.41, 5.74) is 2.49. The normalized spacial score (nSPS) is 10.6. The topological polar surface area (TPSA) is 18.5 Å². The highest BCUT2D eigenvalue weighted by Gasteiger charge is 2.05. The van der Waals surface area contributed by atoms with Crippen LogP contribution in [0.1, 0.15) is 11.1 Å². The Morgan fingerprint density at radius 2 is 1.43 bits per heavy atom. The van der Waals surface area contributed by atoms with Crippen LogP contribution >= 0.6 is 0 Å². The Kier molecular flexibility index (Phi) is 3.78. The molecule has 0 aliphatic carbocycles. The Hall–Kier alpha value is -2.48. The monoisotopic (exact) mass is 278 g/mol. The van der Waals surface area contributed by atoms with Crippen molar-refractivity contribution >= 4 is 10.8 Å². The molecule has 0 heterocycles. The molecule has 3 aromatic rings. The average Bonchev–Trinajstić information content (AvgIpc) is 2.55. The zero-order chi connectivity index (χ0) is 14.7. The maximum atomic E-state index is 5.34. The predicted molar refractivity (Wildman–Crippen MR) is 86.3 cm³/mol. The molecule has 2 nitrogen and oxygen atoms in total. The lowest BCUT2D eigenvalue weighted by Gasteiger charge is -2.10. The molecule has 3 rings (SSSR count). The number of benzene rings is 3. The first-order valence-electron chi connectivity index (χ1n) is 6.99. The van der Waals surface area contributed by atoms with E-state index in [0.29, 0.717) is 0 Å². The van der Waals surface area contributed by atoms with Gasteiger partial charge < -0.3 is 9.47 Å². The first kappa shape index (κ1) is 13.5. The third kappa shape index (κ3) is 2.84. The third-order valence-electron chi connectivity index (χ3n) is 3.69. The molecule has 0 aliphatic rings. The van der Waals surface area contributed by atoms with Crippen molar-refractivity contribution in [2.75, 3.05) is 14.2 Å². The van der Waals surface area contributed by atoms with Crippen molar-refractivity contribution < 1.29 is 9.47 Å². The summed E-state index contributed by atoms with van der Waals surface area (Å²) >= 11 is 0. The molecule has 0 saturated carbocycles. The van der Waals surface area contributed by atoms with Gasteiger partial charge in [0.15, 0.2) is 0 Å². The summed E-state index contributed by atoms with van der Waals surface area (Å²) < 4.78 is 10.7. The molecule has 0 aromatic heterocycles. The van der Waals surface area contributed by atoms with Crippen molar-refractivity contribution in [3.8, 4) is 11.5 Å². The maximum Gasteiger partial charge on any atom is 0.122 e. The van der Waals surface area contributed by atoms with E-state index in [4.69, 9.17) is 9.47 Å². The lowest BCUT2D eigenvalue weighted by molar-refractivity contribution is 0.393. The fourth-order valence-electron chi connectivity index (χ4n) is 2.63. The van der Waals surface area contributed by atoms with Crippen molar-refractivity contribution in [1.82, 2.24) is 0 Å². The van der Waals surface area contributed by atoms with Gasteiger partial charge in [-0.3, -0.25) is 0 Å². The average molecular weight is 278 g/mol. The van der Waals surface area contributed by atoms with E-state index in [9.17, 15) is 0 Å². The minimum absolute atomic E-state index is 0.824. The number of methoxy groups -OCH3 is 2. The molecule has 2 heteroatoms. The van der Waals surface area contributed by atoms with Crippen LogP contribution in [-0.2, 0) is 6.42 Å². The van der Waals surface area contributed by atoms with Crippen LogP contribution in [0.25, 0.3) is 10.8 Å². The van der Waals surface area contributed by atoms with Gasteiger partial charge >= 0.3 is 0 Å². The van der Waals surface area contributed by atoms with Gasteiger partial charge in [-0.25, -0.2) is 0 Å². The second-order valence-electron chi connectivity index (χ2n) is 5.04. The predicted octanol–water partition coefficient (Wildman–Crippen LogP) is 4.45. The summed E-state index contributed by atoms with van der Waals surface area (Å²) in [6.45, 7) is 0. The van der Waals surface area contributed by atoms with Crippen LogP contribution in [0.5, 0.6) is 11.5 Å². The maximum absolute atomic E-state index is 5.34. The van der Waals surface area contributed by atoms with E-state index in [2.05, 4.69) is 54.6 Å². The number of hydrogen-bond acceptors (Lipinski definition) is 2. The van der Waals surface area contributed by atoms with Gasteiger partial charge in [0.1, 0.15) is 11.5 Å². The van der Waals surface area contributed by atoms with Crippen LogP contribution in [0, 0.1) is 0 Å². The molecule has 0 fully saturated rings. The molecule has 0 spiro atoms. The molecular weight excluding hydrogens is 260 g/mol. The molecule has 0 aliphatic heterocycles. The lowest BCUT2D eigenvalue weighted by Crippen LogP contribution is -1.94. The molecule has 0 atom stereocenters. The molecule has 0 radical (unpaired) electrons. The number of rotatable bonds is 4. The summed E-state index contributed by atoms with van der Waals surface area (Å²) in [6, 6.07) is 20.9. The summed E-state index contributed by atoms with van der Waals surface area (Å²) in [7, 11) is 3.35. The van der Waals surface area contributed by atoms with Crippen LogP contribution in [0.3, 0.4) is 0 Å². The molecular formula is C19H18O2. The van der Waals surface area contributed by atoms with Crippen molar-refractivity contribution in [3.05, 3.63) is 71.8 Å². The molecule has 106 valence electrons. The third-order valence-corrected chi connectivity index (χ3v) is 3.69. The van der Waals surface area contributed by atoms with Crippen LogP contribution in [0.2, 0.25) is 0 Å². The number of fused-ring (bicyclic) bond motifs is 1. The fourth-order valence-corrected chi connectivity index (χ4v) is 2.63. The number of hydrogen-bond donors (Lipinski definition) is 0.